The molecule has 0 aromatic carbocycles. The van der Waals surface area contributed by atoms with Crippen molar-refractivity contribution in [3.05, 3.63) is 72.9 Å². The number of rotatable bonds is 41. The Morgan fingerprint density at radius 1 is 0.493 bits per heavy atom. The quantitative estimate of drug-likeness (QED) is 0.0175. The summed E-state index contributed by atoms with van der Waals surface area (Å²) in [7, 11) is 0. The van der Waals surface area contributed by atoms with Crippen LogP contribution in [0.3, 0.4) is 0 Å². The third-order valence-corrected chi connectivity index (χ3v) is 12.2. The van der Waals surface area contributed by atoms with Gasteiger partial charge < -0.3 is 64.2 Å². The summed E-state index contributed by atoms with van der Waals surface area (Å²) in [6, 6.07) is 0. The second-order valence-corrected chi connectivity index (χ2v) is 18.3. The summed E-state index contributed by atoms with van der Waals surface area (Å²) in [5.41, 5.74) is 0. The molecule has 69 heavy (non-hydrogen) atoms. The van der Waals surface area contributed by atoms with E-state index in [9.17, 15) is 40.5 Å². The summed E-state index contributed by atoms with van der Waals surface area (Å²) >= 11 is 0. The number of esters is 1. The molecule has 11 atom stereocenters. The van der Waals surface area contributed by atoms with Gasteiger partial charge in [0.05, 0.1) is 26.4 Å². The number of carbonyl (C=O) groups is 1. The minimum Gasteiger partial charge on any atom is -0.457 e. The van der Waals surface area contributed by atoms with E-state index in [0.717, 1.165) is 103 Å². The van der Waals surface area contributed by atoms with Crippen LogP contribution in [-0.2, 0) is 33.2 Å². The summed E-state index contributed by atoms with van der Waals surface area (Å²) in [6.07, 6.45) is 35.3. The Kier molecular flexibility index (Phi) is 38.1. The molecule has 14 nitrogen and oxygen atoms in total. The van der Waals surface area contributed by atoms with Gasteiger partial charge in [-0.15, -0.1) is 0 Å². The molecular weight excluding hydrogens is 885 g/mol. The van der Waals surface area contributed by atoms with E-state index in [1.165, 1.54) is 38.5 Å². The molecular formula is C55H94O14. The smallest absolute Gasteiger partial charge is 0.306 e. The topological polar surface area (TPSA) is 214 Å². The largest absolute Gasteiger partial charge is 0.457 e. The van der Waals surface area contributed by atoms with Gasteiger partial charge in [0.1, 0.15) is 54.9 Å². The van der Waals surface area contributed by atoms with Gasteiger partial charge in [-0.25, -0.2) is 0 Å². The normalized spacial score (nSPS) is 26.3. The molecule has 14 heteroatoms. The van der Waals surface area contributed by atoms with Crippen LogP contribution < -0.4 is 0 Å². The predicted molar refractivity (Wildman–Crippen MR) is 270 cm³/mol. The number of aliphatic hydroxyl groups excluding tert-OH is 7. The van der Waals surface area contributed by atoms with Gasteiger partial charge in [0, 0.05) is 13.0 Å². The summed E-state index contributed by atoms with van der Waals surface area (Å²) in [5.74, 6) is -0.397. The molecule has 0 radical (unpaired) electrons. The monoisotopic (exact) mass is 979 g/mol. The highest BCUT2D eigenvalue weighted by Gasteiger charge is 2.47. The van der Waals surface area contributed by atoms with Crippen LogP contribution >= 0.6 is 0 Å². The van der Waals surface area contributed by atoms with Gasteiger partial charge in [-0.3, -0.25) is 4.79 Å². The van der Waals surface area contributed by atoms with Crippen LogP contribution in [0.5, 0.6) is 0 Å². The van der Waals surface area contributed by atoms with E-state index >= 15 is 0 Å². The second-order valence-electron chi connectivity index (χ2n) is 18.3. The van der Waals surface area contributed by atoms with Gasteiger partial charge in [-0.1, -0.05) is 151 Å². The van der Waals surface area contributed by atoms with Gasteiger partial charge in [-0.05, 0) is 83.5 Å². The Bertz CT molecular complexity index is 1410. The van der Waals surface area contributed by atoms with E-state index in [4.69, 9.17) is 28.4 Å². The standard InChI is InChI=1S/C55H94O14/c1-3-5-7-9-11-13-15-17-19-20-21-22-23-25-27-29-31-33-35-37-39-64-41-44(67-47(57)38-36-34-32-30-28-26-24-18-16-14-12-10-8-6-4-2)42-65-54-53(63)51(61)49(59)46(69-54)43-66-55-52(62)50(60)48(58)45(40-56)68-55/h5,7,11,13,17-19,21-22,24-25,27,44-46,48-56,58-63H,3-4,6,8-10,12,14-16,20,23,26,28-43H2,1-2H3/b7-5-,13-11-,19-17-,22-21-,24-18-,27-25-. The third-order valence-electron chi connectivity index (χ3n) is 12.2. The van der Waals surface area contributed by atoms with Crippen molar-refractivity contribution >= 4 is 5.97 Å². The first-order valence-corrected chi connectivity index (χ1v) is 26.5. The average molecular weight is 979 g/mol. The molecule has 0 aromatic heterocycles. The highest BCUT2D eigenvalue weighted by molar-refractivity contribution is 5.69. The van der Waals surface area contributed by atoms with Crippen LogP contribution in [0, 0.1) is 0 Å². The summed E-state index contributed by atoms with van der Waals surface area (Å²) in [6.45, 7) is 3.48. The highest BCUT2D eigenvalue weighted by atomic mass is 16.7. The van der Waals surface area contributed by atoms with Crippen molar-refractivity contribution in [3.63, 3.8) is 0 Å². The van der Waals surface area contributed by atoms with Gasteiger partial charge in [0.15, 0.2) is 12.6 Å². The SMILES string of the molecule is CC/C=C\C/C=C\C/C=C\C/C=C\C/C=C\CCCCCCOCC(COC1OC(COC2OC(CO)C(O)C(O)C2O)C(O)C(O)C1O)OC(=O)CCCCCCC/C=C\CCCCCCCC. The molecule has 11 unspecified atom stereocenters. The van der Waals surface area contributed by atoms with E-state index in [2.05, 4.69) is 86.8 Å². The Morgan fingerprint density at radius 3 is 1.49 bits per heavy atom. The van der Waals surface area contributed by atoms with Crippen LogP contribution in [0.4, 0.5) is 0 Å². The predicted octanol–water partition coefficient (Wildman–Crippen LogP) is 8.29. The van der Waals surface area contributed by atoms with E-state index in [-0.39, 0.29) is 19.6 Å². The summed E-state index contributed by atoms with van der Waals surface area (Å²) in [5, 5.41) is 72.2. The molecule has 398 valence electrons. The average Bonchev–Trinajstić information content (AvgIpc) is 3.35. The Labute approximate surface area is 415 Å². The van der Waals surface area contributed by atoms with E-state index < -0.39 is 86.7 Å². The molecule has 2 aliphatic rings. The molecule has 2 heterocycles. The van der Waals surface area contributed by atoms with Gasteiger partial charge >= 0.3 is 5.97 Å². The lowest BCUT2D eigenvalue weighted by Gasteiger charge is -2.42. The molecule has 2 saturated heterocycles. The summed E-state index contributed by atoms with van der Waals surface area (Å²) in [4.78, 5) is 13.0. The number of aliphatic hydroxyl groups is 7. The molecule has 0 spiro atoms. The fourth-order valence-corrected chi connectivity index (χ4v) is 7.89. The molecule has 2 aliphatic heterocycles. The summed E-state index contributed by atoms with van der Waals surface area (Å²) < 4.78 is 34.3. The Morgan fingerprint density at radius 2 is 0.942 bits per heavy atom. The van der Waals surface area contributed by atoms with Crippen molar-refractivity contribution in [3.8, 4) is 0 Å². The molecule has 2 fully saturated rings. The minimum absolute atomic E-state index is 0.0375. The molecule has 2 rings (SSSR count). The Balaban J connectivity index is 1.78. The number of allylic oxidation sites excluding steroid dienone is 12. The van der Waals surface area contributed by atoms with Gasteiger partial charge in [-0.2, -0.15) is 0 Å². The second kappa shape index (κ2) is 42.0. The maximum Gasteiger partial charge on any atom is 0.306 e. The molecule has 0 saturated carbocycles. The van der Waals surface area contributed by atoms with Crippen LogP contribution in [0.25, 0.3) is 0 Å². The van der Waals surface area contributed by atoms with Gasteiger partial charge in [0.25, 0.3) is 0 Å². The molecule has 0 aromatic rings. The van der Waals surface area contributed by atoms with Crippen molar-refractivity contribution in [2.45, 2.75) is 235 Å². The third kappa shape index (κ3) is 29.5. The first kappa shape index (κ1) is 62.5. The number of hydrogen-bond acceptors (Lipinski definition) is 14. The molecule has 0 aliphatic carbocycles. The zero-order chi connectivity index (χ0) is 50.2. The van der Waals surface area contributed by atoms with Crippen molar-refractivity contribution in [2.24, 2.45) is 0 Å². The highest BCUT2D eigenvalue weighted by Crippen LogP contribution is 2.26. The molecule has 0 bridgehead atoms. The lowest BCUT2D eigenvalue weighted by atomic mass is 9.98. The fourth-order valence-electron chi connectivity index (χ4n) is 7.89. The van der Waals surface area contributed by atoms with Crippen LogP contribution in [0.1, 0.15) is 168 Å². The first-order valence-electron chi connectivity index (χ1n) is 26.5. The zero-order valence-electron chi connectivity index (χ0n) is 42.3. The molecule has 7 N–H and O–H groups in total. The fraction of sp³-hybridized carbons (Fsp3) is 0.764. The molecule has 0 amide bonds. The maximum atomic E-state index is 13.0. The van der Waals surface area contributed by atoms with Crippen LogP contribution in [-0.4, -0.2) is 142 Å². The Hall–Kier alpha value is -2.57. The lowest BCUT2D eigenvalue weighted by Crippen LogP contribution is -2.61. The van der Waals surface area contributed by atoms with Crippen molar-refractivity contribution in [1.29, 1.82) is 0 Å². The van der Waals surface area contributed by atoms with E-state index in [1.807, 2.05) is 0 Å². The number of carbonyl (C=O) groups excluding carboxylic acids is 1. The van der Waals surface area contributed by atoms with Crippen molar-refractivity contribution in [1.82, 2.24) is 0 Å². The van der Waals surface area contributed by atoms with Crippen molar-refractivity contribution in [2.75, 3.05) is 33.0 Å². The van der Waals surface area contributed by atoms with E-state index in [0.29, 0.717) is 13.0 Å². The number of hydrogen-bond donors (Lipinski definition) is 7. The van der Waals surface area contributed by atoms with Crippen molar-refractivity contribution < 1.29 is 69.0 Å². The van der Waals surface area contributed by atoms with E-state index in [1.54, 1.807) is 0 Å². The first-order chi connectivity index (χ1) is 33.6. The maximum absolute atomic E-state index is 13.0. The van der Waals surface area contributed by atoms with Gasteiger partial charge in [0.2, 0.25) is 0 Å². The number of ether oxygens (including phenoxy) is 6. The zero-order valence-corrected chi connectivity index (χ0v) is 42.3. The number of unbranched alkanes of at least 4 members (excludes halogenated alkanes) is 15. The van der Waals surface area contributed by atoms with Crippen LogP contribution in [0.2, 0.25) is 0 Å². The minimum atomic E-state index is -1.72. The lowest BCUT2D eigenvalue weighted by molar-refractivity contribution is -0.332. The van der Waals surface area contributed by atoms with Crippen LogP contribution in [0.15, 0.2) is 72.9 Å².